The predicted molar refractivity (Wildman–Crippen MR) is 46.0 cm³/mol. The summed E-state index contributed by atoms with van der Waals surface area (Å²) in [4.78, 5) is 10.6. The number of hydrogen-bond donors (Lipinski definition) is 2. The third kappa shape index (κ3) is 2.92. The van der Waals surface area contributed by atoms with Crippen LogP contribution in [0.15, 0.2) is 0 Å². The van der Waals surface area contributed by atoms with Crippen molar-refractivity contribution in [2.75, 3.05) is 13.2 Å². The van der Waals surface area contributed by atoms with Gasteiger partial charge in [0.1, 0.15) is 12.1 Å². The second-order valence-corrected chi connectivity index (χ2v) is 3.56. The van der Waals surface area contributed by atoms with Crippen molar-refractivity contribution >= 4 is 6.09 Å². The molecule has 0 aromatic rings. The summed E-state index contributed by atoms with van der Waals surface area (Å²) in [5, 5.41) is 14.3. The molecular weight excluding hydrogens is 170 g/mol. The number of nitriles is 1. The van der Waals surface area contributed by atoms with Crippen LogP contribution in [0.1, 0.15) is 13.8 Å². The van der Waals surface area contributed by atoms with E-state index >= 15 is 0 Å². The van der Waals surface area contributed by atoms with Gasteiger partial charge in [-0.25, -0.2) is 4.79 Å². The Balaban J connectivity index is 2.28. The Morgan fingerprint density at radius 1 is 1.85 bits per heavy atom. The first-order valence-electron chi connectivity index (χ1n) is 4.13. The number of nitrogens with one attached hydrogen (secondary N) is 2. The largest absolute Gasteiger partial charge is 0.447 e. The van der Waals surface area contributed by atoms with Crippen molar-refractivity contribution in [3.8, 4) is 6.07 Å². The van der Waals surface area contributed by atoms with E-state index in [2.05, 4.69) is 16.7 Å². The van der Waals surface area contributed by atoms with Gasteiger partial charge in [0.2, 0.25) is 0 Å². The van der Waals surface area contributed by atoms with Gasteiger partial charge in [0.25, 0.3) is 0 Å². The smallest absolute Gasteiger partial charge is 0.407 e. The van der Waals surface area contributed by atoms with Gasteiger partial charge in [-0.3, -0.25) is 5.32 Å². The highest BCUT2D eigenvalue weighted by Crippen LogP contribution is 2.01. The molecule has 0 aliphatic carbocycles. The zero-order chi connectivity index (χ0) is 9.90. The summed E-state index contributed by atoms with van der Waals surface area (Å²) in [6.07, 6.45) is -0.387. The fourth-order valence-electron chi connectivity index (χ4n) is 0.954. The Morgan fingerprint density at radius 3 is 3.00 bits per heavy atom. The molecule has 1 rings (SSSR count). The Bertz CT molecular complexity index is 244. The molecule has 0 bridgehead atoms. The van der Waals surface area contributed by atoms with E-state index in [0.29, 0.717) is 13.2 Å². The van der Waals surface area contributed by atoms with Crippen molar-refractivity contribution in [1.82, 2.24) is 10.6 Å². The number of amides is 1. The lowest BCUT2D eigenvalue weighted by atomic mass is 10.1. The summed E-state index contributed by atoms with van der Waals surface area (Å²) in [7, 11) is 0. The number of alkyl carbamates (subject to hydrolysis) is 1. The average molecular weight is 183 g/mol. The molecule has 1 aliphatic rings. The molecule has 13 heavy (non-hydrogen) atoms. The van der Waals surface area contributed by atoms with Crippen molar-refractivity contribution in [3.63, 3.8) is 0 Å². The molecule has 1 aliphatic heterocycles. The Morgan fingerprint density at radius 2 is 2.54 bits per heavy atom. The quantitative estimate of drug-likeness (QED) is 0.645. The number of rotatable bonds is 3. The van der Waals surface area contributed by atoms with Crippen LogP contribution in [-0.2, 0) is 4.74 Å². The van der Waals surface area contributed by atoms with Gasteiger partial charge in [-0.2, -0.15) is 5.26 Å². The van der Waals surface area contributed by atoms with Crippen LogP contribution in [0.25, 0.3) is 0 Å². The van der Waals surface area contributed by atoms with Crippen molar-refractivity contribution < 1.29 is 9.53 Å². The zero-order valence-corrected chi connectivity index (χ0v) is 7.76. The van der Waals surface area contributed by atoms with Crippen LogP contribution >= 0.6 is 0 Å². The van der Waals surface area contributed by atoms with E-state index in [-0.39, 0.29) is 12.1 Å². The molecule has 72 valence electrons. The van der Waals surface area contributed by atoms with Crippen LogP contribution in [0.5, 0.6) is 0 Å². The van der Waals surface area contributed by atoms with Crippen LogP contribution in [0.3, 0.4) is 0 Å². The summed E-state index contributed by atoms with van der Waals surface area (Å²) >= 11 is 0. The van der Waals surface area contributed by atoms with E-state index in [4.69, 9.17) is 10.00 Å². The van der Waals surface area contributed by atoms with E-state index < -0.39 is 5.54 Å². The van der Waals surface area contributed by atoms with Gasteiger partial charge in [0.05, 0.1) is 12.1 Å². The molecular formula is C8H13N3O2. The lowest BCUT2D eigenvalue weighted by Gasteiger charge is -2.19. The fourth-order valence-corrected chi connectivity index (χ4v) is 0.954. The zero-order valence-electron chi connectivity index (χ0n) is 7.76. The Hall–Kier alpha value is -1.28. The van der Waals surface area contributed by atoms with Crippen LogP contribution < -0.4 is 10.6 Å². The standard InChI is InChI=1S/C8H13N3O2/c1-8(2,5-9)10-3-6-4-13-7(12)11-6/h6,10H,3-4H2,1-2H3,(H,11,12). The molecule has 0 radical (unpaired) electrons. The molecule has 1 amide bonds. The van der Waals surface area contributed by atoms with Crippen LogP contribution in [0, 0.1) is 11.3 Å². The van der Waals surface area contributed by atoms with Gasteiger partial charge in [-0.1, -0.05) is 0 Å². The topological polar surface area (TPSA) is 74.1 Å². The summed E-state index contributed by atoms with van der Waals surface area (Å²) < 4.78 is 4.69. The molecule has 0 aromatic carbocycles. The van der Waals surface area contributed by atoms with E-state index in [1.54, 1.807) is 13.8 Å². The highest BCUT2D eigenvalue weighted by atomic mass is 16.6. The van der Waals surface area contributed by atoms with Gasteiger partial charge >= 0.3 is 6.09 Å². The van der Waals surface area contributed by atoms with Crippen LogP contribution in [0.2, 0.25) is 0 Å². The molecule has 1 unspecified atom stereocenters. The number of hydrogen-bond acceptors (Lipinski definition) is 4. The first-order chi connectivity index (χ1) is 6.03. The third-order valence-corrected chi connectivity index (χ3v) is 1.81. The second-order valence-electron chi connectivity index (χ2n) is 3.56. The van der Waals surface area contributed by atoms with Gasteiger partial charge in [0, 0.05) is 6.54 Å². The number of ether oxygens (including phenoxy) is 1. The van der Waals surface area contributed by atoms with Crippen molar-refractivity contribution in [2.24, 2.45) is 0 Å². The molecule has 2 N–H and O–H groups in total. The Kier molecular flexibility index (Phi) is 2.73. The average Bonchev–Trinajstić information content (AvgIpc) is 2.48. The van der Waals surface area contributed by atoms with Crippen molar-refractivity contribution in [1.29, 1.82) is 5.26 Å². The van der Waals surface area contributed by atoms with Crippen LogP contribution in [-0.4, -0.2) is 30.8 Å². The maximum absolute atomic E-state index is 10.6. The molecule has 1 saturated heterocycles. The number of carbonyl (C=O) groups is 1. The molecule has 1 fully saturated rings. The summed E-state index contributed by atoms with van der Waals surface area (Å²) in [5.74, 6) is 0. The predicted octanol–water partition coefficient (Wildman–Crippen LogP) is -0.0134. The van der Waals surface area contributed by atoms with E-state index in [1.165, 1.54) is 0 Å². The van der Waals surface area contributed by atoms with Gasteiger partial charge in [-0.15, -0.1) is 0 Å². The normalized spacial score (nSPS) is 21.9. The van der Waals surface area contributed by atoms with Crippen LogP contribution in [0.4, 0.5) is 4.79 Å². The molecule has 5 heteroatoms. The summed E-state index contributed by atoms with van der Waals surface area (Å²) in [5.41, 5.74) is -0.562. The maximum atomic E-state index is 10.6. The molecule has 5 nitrogen and oxygen atoms in total. The fraction of sp³-hybridized carbons (Fsp3) is 0.750. The number of carbonyl (C=O) groups excluding carboxylic acids is 1. The highest BCUT2D eigenvalue weighted by Gasteiger charge is 2.24. The summed E-state index contributed by atoms with van der Waals surface area (Å²) in [6, 6.07) is 2.08. The minimum Gasteiger partial charge on any atom is -0.447 e. The molecule has 1 atom stereocenters. The first-order valence-corrected chi connectivity index (χ1v) is 4.13. The van der Waals surface area contributed by atoms with Crippen molar-refractivity contribution in [2.45, 2.75) is 25.4 Å². The van der Waals surface area contributed by atoms with Gasteiger partial charge in [-0.05, 0) is 13.8 Å². The van der Waals surface area contributed by atoms with E-state index in [1.807, 2.05) is 0 Å². The second kappa shape index (κ2) is 3.62. The third-order valence-electron chi connectivity index (χ3n) is 1.81. The van der Waals surface area contributed by atoms with E-state index in [9.17, 15) is 4.79 Å². The highest BCUT2D eigenvalue weighted by molar-refractivity contribution is 5.69. The minimum absolute atomic E-state index is 0.0277. The Labute approximate surface area is 77.1 Å². The lowest BCUT2D eigenvalue weighted by molar-refractivity contribution is 0.176. The molecule has 0 saturated carbocycles. The maximum Gasteiger partial charge on any atom is 0.407 e. The SMILES string of the molecule is CC(C)(C#N)NCC1COC(=O)N1. The van der Waals surface area contributed by atoms with E-state index in [0.717, 1.165) is 0 Å². The first kappa shape index (κ1) is 9.81. The molecule has 0 spiro atoms. The monoisotopic (exact) mass is 183 g/mol. The van der Waals surface area contributed by atoms with Crippen molar-refractivity contribution in [3.05, 3.63) is 0 Å². The van der Waals surface area contributed by atoms with Gasteiger partial charge in [0.15, 0.2) is 0 Å². The summed E-state index contributed by atoms with van der Waals surface area (Å²) in [6.45, 7) is 4.48. The van der Waals surface area contributed by atoms with Gasteiger partial charge < -0.3 is 10.1 Å². The number of nitrogens with zero attached hydrogens (tertiary/aromatic N) is 1. The molecule has 1 heterocycles. The minimum atomic E-state index is -0.562. The lowest BCUT2D eigenvalue weighted by Crippen LogP contribution is -2.45. The molecule has 0 aromatic heterocycles. The number of cyclic esters (lactones) is 1.